The number of hydrogen-bond acceptors (Lipinski definition) is 4. The molecule has 0 bridgehead atoms. The average Bonchev–Trinajstić information content (AvgIpc) is 2.41. The van der Waals surface area contributed by atoms with E-state index in [1.165, 1.54) is 0 Å². The summed E-state index contributed by atoms with van der Waals surface area (Å²) in [5.41, 5.74) is 0.934. The van der Waals surface area contributed by atoms with Gasteiger partial charge >= 0.3 is 0 Å². The third kappa shape index (κ3) is 4.63. The molecule has 0 fully saturated rings. The molecule has 0 spiro atoms. The van der Waals surface area contributed by atoms with Crippen LogP contribution in [0.2, 0.25) is 0 Å². The maximum absolute atomic E-state index is 5.63. The van der Waals surface area contributed by atoms with Crippen molar-refractivity contribution in [2.45, 2.75) is 39.8 Å². The minimum absolute atomic E-state index is 0.116. The highest BCUT2D eigenvalue weighted by atomic mass is 16.5. The van der Waals surface area contributed by atoms with Crippen LogP contribution in [0, 0.1) is 0 Å². The zero-order valence-corrected chi connectivity index (χ0v) is 12.5. The van der Waals surface area contributed by atoms with Crippen molar-refractivity contribution in [1.82, 2.24) is 0 Å². The van der Waals surface area contributed by atoms with Gasteiger partial charge in [-0.2, -0.15) is 0 Å². The highest BCUT2D eigenvalue weighted by molar-refractivity contribution is 5.60. The molecular formula is C15H25NO3. The molecule has 1 N–H and O–H groups in total. The van der Waals surface area contributed by atoms with Crippen molar-refractivity contribution >= 4 is 5.69 Å². The monoisotopic (exact) mass is 267 g/mol. The molecule has 0 radical (unpaired) electrons. The molecule has 0 amide bonds. The predicted molar refractivity (Wildman–Crippen MR) is 78.3 cm³/mol. The van der Waals surface area contributed by atoms with Gasteiger partial charge in [0.25, 0.3) is 0 Å². The number of methoxy groups -OCH3 is 1. The van der Waals surface area contributed by atoms with Crippen molar-refractivity contribution in [3.05, 3.63) is 18.2 Å². The van der Waals surface area contributed by atoms with Gasteiger partial charge in [-0.15, -0.1) is 0 Å². The quantitative estimate of drug-likeness (QED) is 0.784. The largest absolute Gasteiger partial charge is 0.494 e. The van der Waals surface area contributed by atoms with E-state index in [1.807, 2.05) is 39.0 Å². The van der Waals surface area contributed by atoms with Gasteiger partial charge in [0.05, 0.1) is 25.0 Å². The lowest BCUT2D eigenvalue weighted by Crippen LogP contribution is -2.29. The van der Waals surface area contributed by atoms with Gasteiger partial charge in [0.15, 0.2) is 0 Å². The molecule has 0 saturated carbocycles. The van der Waals surface area contributed by atoms with Crippen LogP contribution in [0.4, 0.5) is 5.69 Å². The molecule has 0 saturated heterocycles. The van der Waals surface area contributed by atoms with Crippen LogP contribution in [-0.2, 0) is 4.74 Å². The van der Waals surface area contributed by atoms with E-state index in [2.05, 4.69) is 12.2 Å². The van der Waals surface area contributed by atoms with Crippen molar-refractivity contribution in [1.29, 1.82) is 0 Å². The lowest BCUT2D eigenvalue weighted by atomic mass is 10.2. The van der Waals surface area contributed by atoms with Crippen LogP contribution in [0.5, 0.6) is 11.5 Å². The normalized spacial score (nSPS) is 13.7. The average molecular weight is 267 g/mol. The number of rotatable bonds is 8. The zero-order chi connectivity index (χ0) is 14.3. The first-order valence-electron chi connectivity index (χ1n) is 6.81. The van der Waals surface area contributed by atoms with Crippen molar-refractivity contribution < 1.29 is 14.2 Å². The molecule has 2 unspecified atom stereocenters. The van der Waals surface area contributed by atoms with Gasteiger partial charge < -0.3 is 19.5 Å². The molecule has 0 aromatic heterocycles. The zero-order valence-electron chi connectivity index (χ0n) is 12.5. The second kappa shape index (κ2) is 7.89. The summed E-state index contributed by atoms with van der Waals surface area (Å²) in [7, 11) is 1.71. The number of hydrogen-bond donors (Lipinski definition) is 1. The van der Waals surface area contributed by atoms with Gasteiger partial charge in [-0.05, 0) is 39.8 Å². The second-order valence-electron chi connectivity index (χ2n) is 4.40. The molecule has 4 heteroatoms. The number of ether oxygens (including phenoxy) is 3. The third-order valence-corrected chi connectivity index (χ3v) is 3.02. The van der Waals surface area contributed by atoms with E-state index in [0.29, 0.717) is 13.2 Å². The van der Waals surface area contributed by atoms with Crippen LogP contribution in [0.25, 0.3) is 0 Å². The molecule has 108 valence electrons. The number of anilines is 1. The SMILES string of the molecule is CCOc1ccc(OCC)c(NC(C)C(C)OC)c1. The fraction of sp³-hybridized carbons (Fsp3) is 0.600. The van der Waals surface area contributed by atoms with Crippen LogP contribution in [0.15, 0.2) is 18.2 Å². The predicted octanol–water partition coefficient (Wildman–Crippen LogP) is 3.32. The fourth-order valence-electron chi connectivity index (χ4n) is 1.73. The number of nitrogens with one attached hydrogen (secondary N) is 1. The van der Waals surface area contributed by atoms with Crippen molar-refractivity contribution in [2.24, 2.45) is 0 Å². The fourth-order valence-corrected chi connectivity index (χ4v) is 1.73. The van der Waals surface area contributed by atoms with E-state index in [4.69, 9.17) is 14.2 Å². The van der Waals surface area contributed by atoms with E-state index in [0.717, 1.165) is 17.2 Å². The highest BCUT2D eigenvalue weighted by Gasteiger charge is 2.14. The summed E-state index contributed by atoms with van der Waals surface area (Å²) in [5, 5.41) is 3.41. The Balaban J connectivity index is 2.89. The van der Waals surface area contributed by atoms with Gasteiger partial charge in [0.2, 0.25) is 0 Å². The van der Waals surface area contributed by atoms with E-state index < -0.39 is 0 Å². The van der Waals surface area contributed by atoms with Gasteiger partial charge in [-0.1, -0.05) is 0 Å². The lowest BCUT2D eigenvalue weighted by molar-refractivity contribution is 0.106. The molecule has 0 heterocycles. The van der Waals surface area contributed by atoms with Crippen LogP contribution in [0.1, 0.15) is 27.7 Å². The first kappa shape index (κ1) is 15.6. The van der Waals surface area contributed by atoms with E-state index in [1.54, 1.807) is 7.11 Å². The first-order valence-corrected chi connectivity index (χ1v) is 6.81. The Labute approximate surface area is 116 Å². The van der Waals surface area contributed by atoms with E-state index in [-0.39, 0.29) is 12.1 Å². The Morgan fingerprint density at radius 1 is 1.11 bits per heavy atom. The van der Waals surface area contributed by atoms with Gasteiger partial charge in [0, 0.05) is 19.2 Å². The Bertz CT molecular complexity index is 382. The van der Waals surface area contributed by atoms with E-state index in [9.17, 15) is 0 Å². The Kier molecular flexibility index (Phi) is 6.50. The van der Waals surface area contributed by atoms with Crippen LogP contribution in [0.3, 0.4) is 0 Å². The smallest absolute Gasteiger partial charge is 0.142 e. The summed E-state index contributed by atoms with van der Waals surface area (Å²) < 4.78 is 16.5. The molecule has 0 aliphatic heterocycles. The van der Waals surface area contributed by atoms with Crippen LogP contribution in [-0.4, -0.2) is 32.5 Å². The van der Waals surface area contributed by atoms with Crippen LogP contribution >= 0.6 is 0 Å². The molecule has 1 aromatic rings. The first-order chi connectivity index (χ1) is 9.12. The summed E-state index contributed by atoms with van der Waals surface area (Å²) in [6.07, 6.45) is 0.116. The summed E-state index contributed by atoms with van der Waals surface area (Å²) in [6.45, 7) is 9.34. The van der Waals surface area contributed by atoms with Gasteiger partial charge in [-0.25, -0.2) is 0 Å². The summed E-state index contributed by atoms with van der Waals surface area (Å²) in [5.74, 6) is 1.67. The lowest BCUT2D eigenvalue weighted by Gasteiger charge is -2.23. The molecule has 0 aliphatic carbocycles. The standard InChI is InChI=1S/C15H25NO3/c1-6-18-13-8-9-15(19-7-2)14(10-13)16-11(3)12(4)17-5/h8-12,16H,6-7H2,1-5H3. The summed E-state index contributed by atoms with van der Waals surface area (Å²) >= 11 is 0. The molecule has 1 aromatic carbocycles. The number of benzene rings is 1. The Morgan fingerprint density at radius 2 is 1.79 bits per heavy atom. The van der Waals surface area contributed by atoms with Crippen molar-refractivity contribution in [2.75, 3.05) is 25.6 Å². The Morgan fingerprint density at radius 3 is 2.37 bits per heavy atom. The molecule has 1 rings (SSSR count). The summed E-state index contributed by atoms with van der Waals surface area (Å²) in [6, 6.07) is 6.00. The van der Waals surface area contributed by atoms with Gasteiger partial charge in [0.1, 0.15) is 11.5 Å². The maximum atomic E-state index is 5.63. The minimum atomic E-state index is 0.116. The third-order valence-electron chi connectivity index (χ3n) is 3.02. The molecule has 19 heavy (non-hydrogen) atoms. The topological polar surface area (TPSA) is 39.7 Å². The molecule has 4 nitrogen and oxygen atoms in total. The molecular weight excluding hydrogens is 242 g/mol. The van der Waals surface area contributed by atoms with Crippen LogP contribution < -0.4 is 14.8 Å². The van der Waals surface area contributed by atoms with Crippen molar-refractivity contribution in [3.63, 3.8) is 0 Å². The van der Waals surface area contributed by atoms with E-state index >= 15 is 0 Å². The summed E-state index contributed by atoms with van der Waals surface area (Å²) in [4.78, 5) is 0. The maximum Gasteiger partial charge on any atom is 0.142 e. The highest BCUT2D eigenvalue weighted by Crippen LogP contribution is 2.30. The minimum Gasteiger partial charge on any atom is -0.494 e. The molecule has 2 atom stereocenters. The second-order valence-corrected chi connectivity index (χ2v) is 4.40. The Hall–Kier alpha value is -1.42. The van der Waals surface area contributed by atoms with Crippen molar-refractivity contribution in [3.8, 4) is 11.5 Å². The molecule has 0 aliphatic rings. The van der Waals surface area contributed by atoms with Gasteiger partial charge in [-0.3, -0.25) is 0 Å².